The molecular formula is C32H29ClF4N6O3. The van der Waals surface area contributed by atoms with E-state index in [0.29, 0.717) is 18.9 Å². The fraction of sp³-hybridized carbons (Fsp3) is 0.250. The molecule has 2 aromatic carbocycles. The molecule has 9 nitrogen and oxygen atoms in total. The summed E-state index contributed by atoms with van der Waals surface area (Å²) in [7, 11) is 3.20. The van der Waals surface area contributed by atoms with Crippen molar-refractivity contribution in [3.63, 3.8) is 0 Å². The van der Waals surface area contributed by atoms with E-state index in [0.717, 1.165) is 28.2 Å². The van der Waals surface area contributed by atoms with Gasteiger partial charge >= 0.3 is 12.2 Å². The van der Waals surface area contributed by atoms with Crippen molar-refractivity contribution >= 4 is 34.1 Å². The van der Waals surface area contributed by atoms with Gasteiger partial charge in [-0.3, -0.25) is 0 Å². The number of rotatable bonds is 12. The van der Waals surface area contributed by atoms with E-state index in [4.69, 9.17) is 30.8 Å². The number of nitrogens with zero attached hydrogens (tertiary/aromatic N) is 5. The second-order valence-electron chi connectivity index (χ2n) is 10.2. The maximum Gasteiger partial charge on any atom is 0.422 e. The molecule has 240 valence electrons. The number of alkyl halides is 3. The molecule has 0 aliphatic carbocycles. The van der Waals surface area contributed by atoms with Crippen LogP contribution in [0.4, 0.5) is 29.2 Å². The largest absolute Gasteiger partial charge is 0.497 e. The summed E-state index contributed by atoms with van der Waals surface area (Å²) < 4.78 is 69.1. The zero-order valence-corrected chi connectivity index (χ0v) is 25.7. The highest BCUT2D eigenvalue weighted by Gasteiger charge is 2.30. The third kappa shape index (κ3) is 7.83. The molecule has 0 radical (unpaired) electrons. The Morgan fingerprint density at radius 2 is 1.50 bits per heavy atom. The standard InChI is InChI=1S/C32H29ClF4N6O3/c1-19(40-29-25-15-39-28(33)26(34)27(25)41-31(42-29)46-18-32(35,36)37)24-5-4-14-38-30(24)43(16-20-6-10-22(44-2)11-7-20)17-21-8-12-23(45-3)13-9-21/h4-15,19H,16-18H2,1-3H3,(H,40,41,42). The summed E-state index contributed by atoms with van der Waals surface area (Å²) in [6.45, 7) is 1.12. The molecule has 0 saturated carbocycles. The Morgan fingerprint density at radius 1 is 0.891 bits per heavy atom. The highest BCUT2D eigenvalue weighted by molar-refractivity contribution is 6.30. The molecule has 3 aromatic heterocycles. The van der Waals surface area contributed by atoms with Crippen LogP contribution in [0.2, 0.25) is 5.15 Å². The topological polar surface area (TPSA) is 94.5 Å². The van der Waals surface area contributed by atoms with E-state index in [1.807, 2.05) is 61.5 Å². The number of anilines is 2. The Morgan fingerprint density at radius 3 is 2.07 bits per heavy atom. The van der Waals surface area contributed by atoms with E-state index in [9.17, 15) is 17.6 Å². The van der Waals surface area contributed by atoms with Crippen LogP contribution in [0.25, 0.3) is 10.9 Å². The van der Waals surface area contributed by atoms with Crippen LogP contribution in [0.3, 0.4) is 0 Å². The molecule has 46 heavy (non-hydrogen) atoms. The van der Waals surface area contributed by atoms with Gasteiger partial charge in [-0.25, -0.2) is 14.4 Å². The van der Waals surface area contributed by atoms with Crippen LogP contribution >= 0.6 is 11.6 Å². The minimum absolute atomic E-state index is 0.00408. The molecule has 1 unspecified atom stereocenters. The number of nitrogens with one attached hydrogen (secondary N) is 1. The van der Waals surface area contributed by atoms with Crippen molar-refractivity contribution in [3.8, 4) is 17.5 Å². The van der Waals surface area contributed by atoms with Gasteiger partial charge in [-0.05, 0) is 48.4 Å². The number of hydrogen-bond acceptors (Lipinski definition) is 9. The molecule has 5 aromatic rings. The van der Waals surface area contributed by atoms with Gasteiger partial charge in [0, 0.05) is 31.0 Å². The monoisotopic (exact) mass is 656 g/mol. The number of ether oxygens (including phenoxy) is 3. The van der Waals surface area contributed by atoms with Crippen molar-refractivity contribution in [2.24, 2.45) is 0 Å². The summed E-state index contributed by atoms with van der Waals surface area (Å²) in [5.41, 5.74) is 2.39. The van der Waals surface area contributed by atoms with Gasteiger partial charge in [-0.15, -0.1) is 0 Å². The maximum atomic E-state index is 14.9. The highest BCUT2D eigenvalue weighted by Crippen LogP contribution is 2.33. The van der Waals surface area contributed by atoms with E-state index in [-0.39, 0.29) is 16.7 Å². The number of benzene rings is 2. The first-order valence-corrected chi connectivity index (χ1v) is 14.4. The van der Waals surface area contributed by atoms with E-state index in [1.165, 1.54) is 6.20 Å². The first kappa shape index (κ1) is 32.5. The predicted octanol–water partition coefficient (Wildman–Crippen LogP) is 7.55. The summed E-state index contributed by atoms with van der Waals surface area (Å²) in [5, 5.41) is 2.79. The Hall–Kier alpha value is -4.91. The maximum absolute atomic E-state index is 14.9. The van der Waals surface area contributed by atoms with Crippen LogP contribution in [0.15, 0.2) is 73.1 Å². The summed E-state index contributed by atoms with van der Waals surface area (Å²) in [5.74, 6) is 1.08. The molecule has 5 rings (SSSR count). The van der Waals surface area contributed by atoms with Gasteiger partial charge in [0.15, 0.2) is 17.6 Å². The van der Waals surface area contributed by atoms with Crippen LogP contribution in [0.5, 0.6) is 17.5 Å². The van der Waals surface area contributed by atoms with Gasteiger partial charge in [-0.1, -0.05) is 41.9 Å². The average Bonchev–Trinajstić information content (AvgIpc) is 3.05. The fourth-order valence-corrected chi connectivity index (χ4v) is 4.88. The van der Waals surface area contributed by atoms with Crippen molar-refractivity contribution in [1.82, 2.24) is 19.9 Å². The smallest absolute Gasteiger partial charge is 0.422 e. The normalized spacial score (nSPS) is 12.1. The predicted molar refractivity (Wildman–Crippen MR) is 166 cm³/mol. The lowest BCUT2D eigenvalue weighted by Crippen LogP contribution is -2.26. The van der Waals surface area contributed by atoms with Crippen LogP contribution in [-0.2, 0) is 13.1 Å². The summed E-state index contributed by atoms with van der Waals surface area (Å²) in [4.78, 5) is 18.6. The Bertz CT molecular complexity index is 1740. The van der Waals surface area contributed by atoms with E-state index in [1.54, 1.807) is 26.5 Å². The Kier molecular flexibility index (Phi) is 9.90. The lowest BCUT2D eigenvalue weighted by atomic mass is 10.1. The number of halogens is 5. The first-order chi connectivity index (χ1) is 22.0. The van der Waals surface area contributed by atoms with E-state index in [2.05, 4.69) is 25.2 Å². The Labute approximate surface area is 267 Å². The summed E-state index contributed by atoms with van der Waals surface area (Å²) in [6, 6.07) is 17.8. The van der Waals surface area contributed by atoms with Gasteiger partial charge in [0.1, 0.15) is 28.7 Å². The van der Waals surface area contributed by atoms with Crippen molar-refractivity contribution in [3.05, 3.63) is 101 Å². The molecule has 0 saturated heterocycles. The lowest BCUT2D eigenvalue weighted by molar-refractivity contribution is -0.154. The highest BCUT2D eigenvalue weighted by atomic mass is 35.5. The SMILES string of the molecule is COc1ccc(CN(Cc2ccc(OC)cc2)c2ncccc2C(C)Nc2nc(OCC(F)(F)F)nc3c(F)c(Cl)ncc23)cc1. The third-order valence-corrected chi connectivity index (χ3v) is 7.25. The van der Waals surface area contributed by atoms with E-state index >= 15 is 0 Å². The molecule has 0 aliphatic heterocycles. The van der Waals surface area contributed by atoms with Gasteiger partial charge in [0.25, 0.3) is 0 Å². The van der Waals surface area contributed by atoms with Gasteiger partial charge in [0.2, 0.25) is 0 Å². The zero-order valence-electron chi connectivity index (χ0n) is 25.0. The van der Waals surface area contributed by atoms with Crippen LogP contribution in [0.1, 0.15) is 29.7 Å². The molecule has 1 N–H and O–H groups in total. The third-order valence-electron chi connectivity index (χ3n) is 6.99. The molecule has 0 spiro atoms. The van der Waals surface area contributed by atoms with Crippen molar-refractivity contribution in [2.45, 2.75) is 32.2 Å². The zero-order chi connectivity index (χ0) is 32.8. The van der Waals surface area contributed by atoms with Crippen LogP contribution in [-0.4, -0.2) is 46.9 Å². The molecule has 0 amide bonds. The molecule has 1 atom stereocenters. The number of aromatic nitrogens is 4. The van der Waals surface area contributed by atoms with Gasteiger partial charge in [0.05, 0.1) is 25.6 Å². The van der Waals surface area contributed by atoms with Crippen LogP contribution < -0.4 is 24.4 Å². The van der Waals surface area contributed by atoms with Crippen molar-refractivity contribution < 1.29 is 31.8 Å². The molecule has 0 bridgehead atoms. The second-order valence-corrected chi connectivity index (χ2v) is 10.6. The minimum Gasteiger partial charge on any atom is -0.497 e. The lowest BCUT2D eigenvalue weighted by Gasteiger charge is -2.28. The van der Waals surface area contributed by atoms with Crippen molar-refractivity contribution in [1.29, 1.82) is 0 Å². The molecule has 14 heteroatoms. The number of fused-ring (bicyclic) bond motifs is 1. The quantitative estimate of drug-likeness (QED) is 0.108. The summed E-state index contributed by atoms with van der Waals surface area (Å²) >= 11 is 5.85. The first-order valence-electron chi connectivity index (χ1n) is 14.0. The average molecular weight is 657 g/mol. The van der Waals surface area contributed by atoms with Gasteiger partial charge < -0.3 is 24.4 Å². The van der Waals surface area contributed by atoms with Crippen LogP contribution in [0, 0.1) is 5.82 Å². The van der Waals surface area contributed by atoms with Gasteiger partial charge in [-0.2, -0.15) is 23.1 Å². The minimum atomic E-state index is -4.66. The number of pyridine rings is 2. The number of hydrogen-bond donors (Lipinski definition) is 1. The van der Waals surface area contributed by atoms with E-state index < -0.39 is 35.8 Å². The molecule has 0 fully saturated rings. The molecular weight excluding hydrogens is 628 g/mol. The fourth-order valence-electron chi connectivity index (χ4n) is 4.74. The second kappa shape index (κ2) is 14.0. The molecule has 0 aliphatic rings. The number of methoxy groups -OCH3 is 2. The summed E-state index contributed by atoms with van der Waals surface area (Å²) in [6.07, 6.45) is -1.74. The van der Waals surface area contributed by atoms with Crippen molar-refractivity contribution in [2.75, 3.05) is 31.0 Å². The Balaban J connectivity index is 1.51. The molecule has 3 heterocycles.